The van der Waals surface area contributed by atoms with Crippen LogP contribution in [0.5, 0.6) is 11.6 Å². The normalized spacial score (nSPS) is 10.6. The molecule has 0 unspecified atom stereocenters. The number of nitriles is 1. The van der Waals surface area contributed by atoms with E-state index in [4.69, 9.17) is 10.5 Å². The second-order valence-electron chi connectivity index (χ2n) is 6.73. The average Bonchev–Trinajstić information content (AvgIpc) is 3.15. The highest BCUT2D eigenvalue weighted by Gasteiger charge is 2.15. The lowest BCUT2D eigenvalue weighted by atomic mass is 10.1. The van der Waals surface area contributed by atoms with E-state index in [1.165, 1.54) is 0 Å². The van der Waals surface area contributed by atoms with E-state index in [2.05, 4.69) is 21.4 Å². The minimum Gasteiger partial charge on any atom is -0.439 e. The number of hydrogen-bond donors (Lipinski definition) is 1. The van der Waals surface area contributed by atoms with Gasteiger partial charge in [0.25, 0.3) is 0 Å². The lowest BCUT2D eigenvalue weighted by molar-refractivity contribution is 0.432. The number of nitrogens with zero attached hydrogens (tertiary/aromatic N) is 5. The van der Waals surface area contributed by atoms with Gasteiger partial charge in [-0.15, -0.1) is 0 Å². The van der Waals surface area contributed by atoms with Crippen LogP contribution in [-0.4, -0.2) is 26.5 Å². The number of nitrogens with two attached hydrogens (primary N) is 1. The van der Waals surface area contributed by atoms with Gasteiger partial charge in [0.05, 0.1) is 28.7 Å². The molecule has 148 valence electrons. The zero-order chi connectivity index (χ0) is 20.9. The molecule has 30 heavy (non-hydrogen) atoms. The Balaban J connectivity index is 1.70. The van der Waals surface area contributed by atoms with Gasteiger partial charge >= 0.3 is 0 Å². The smallest absolute Gasteiger partial charge is 0.218 e. The van der Waals surface area contributed by atoms with E-state index >= 15 is 0 Å². The number of ether oxygens (including phenoxy) is 1. The first-order valence-corrected chi connectivity index (χ1v) is 9.52. The molecule has 0 saturated carbocycles. The minimum absolute atomic E-state index is 0.493. The third-order valence-electron chi connectivity index (χ3n) is 4.63. The molecule has 0 amide bonds. The van der Waals surface area contributed by atoms with Crippen molar-refractivity contribution in [2.45, 2.75) is 6.42 Å². The van der Waals surface area contributed by atoms with Crippen molar-refractivity contribution in [1.29, 1.82) is 5.26 Å². The fourth-order valence-corrected chi connectivity index (χ4v) is 3.08. The predicted molar refractivity (Wildman–Crippen MR) is 114 cm³/mol. The van der Waals surface area contributed by atoms with Gasteiger partial charge in [0.1, 0.15) is 5.75 Å². The lowest BCUT2D eigenvalue weighted by Crippen LogP contribution is -2.05. The molecule has 0 atom stereocenters. The average molecular weight is 396 g/mol. The van der Waals surface area contributed by atoms with Gasteiger partial charge in [0.2, 0.25) is 5.88 Å². The van der Waals surface area contributed by atoms with Crippen LogP contribution in [0.3, 0.4) is 0 Å². The number of hydrogen-bond acceptors (Lipinski definition) is 6. The summed E-state index contributed by atoms with van der Waals surface area (Å²) in [4.78, 5) is 0. The Bertz CT molecular complexity index is 1190. The van der Waals surface area contributed by atoms with Crippen molar-refractivity contribution in [2.75, 3.05) is 6.54 Å². The maximum Gasteiger partial charge on any atom is 0.218 e. The van der Waals surface area contributed by atoms with Crippen LogP contribution in [0.15, 0.2) is 66.7 Å². The van der Waals surface area contributed by atoms with Crippen LogP contribution in [0.2, 0.25) is 0 Å². The summed E-state index contributed by atoms with van der Waals surface area (Å²) in [6, 6.07) is 22.9. The third kappa shape index (κ3) is 4.04. The van der Waals surface area contributed by atoms with Crippen molar-refractivity contribution in [2.24, 2.45) is 12.8 Å². The van der Waals surface area contributed by atoms with E-state index in [9.17, 15) is 5.26 Å². The summed E-state index contributed by atoms with van der Waals surface area (Å²) in [6.45, 7) is 0.517. The molecular weight excluding hydrogens is 376 g/mol. The molecule has 0 spiro atoms. The molecule has 0 aliphatic heterocycles. The second kappa shape index (κ2) is 8.55. The molecule has 0 fully saturated rings. The Morgan fingerprint density at radius 2 is 1.83 bits per heavy atom. The van der Waals surface area contributed by atoms with Crippen molar-refractivity contribution in [1.82, 2.24) is 20.0 Å². The van der Waals surface area contributed by atoms with Crippen molar-refractivity contribution < 1.29 is 4.74 Å². The predicted octanol–water partition coefficient (Wildman–Crippen LogP) is 3.71. The highest BCUT2D eigenvalue weighted by atomic mass is 16.5. The third-order valence-corrected chi connectivity index (χ3v) is 4.63. The van der Waals surface area contributed by atoms with E-state index in [1.807, 2.05) is 61.6 Å². The topological polar surface area (TPSA) is 103 Å². The zero-order valence-corrected chi connectivity index (χ0v) is 16.5. The maximum absolute atomic E-state index is 9.33. The number of rotatable bonds is 6. The molecule has 0 radical (unpaired) electrons. The molecule has 0 saturated heterocycles. The van der Waals surface area contributed by atoms with Crippen molar-refractivity contribution in [3.63, 3.8) is 0 Å². The van der Waals surface area contributed by atoms with Crippen LogP contribution in [0, 0.1) is 11.3 Å². The quantitative estimate of drug-likeness (QED) is 0.533. The SMILES string of the molecule is Cn1nc(-c2ccccc2)cc1Oc1cc(C#N)ccc1-c1ccc(CCN)nn1. The van der Waals surface area contributed by atoms with Gasteiger partial charge in [-0.1, -0.05) is 30.3 Å². The minimum atomic E-state index is 0.493. The Kier molecular flexibility index (Phi) is 5.50. The molecule has 2 aromatic heterocycles. The van der Waals surface area contributed by atoms with E-state index in [-0.39, 0.29) is 0 Å². The van der Waals surface area contributed by atoms with E-state index in [0.717, 1.165) is 22.5 Å². The molecule has 2 N–H and O–H groups in total. The lowest BCUT2D eigenvalue weighted by Gasteiger charge is -2.11. The number of benzene rings is 2. The van der Waals surface area contributed by atoms with Crippen LogP contribution < -0.4 is 10.5 Å². The van der Waals surface area contributed by atoms with Gasteiger partial charge in [-0.3, -0.25) is 0 Å². The first-order chi connectivity index (χ1) is 14.7. The van der Waals surface area contributed by atoms with Crippen molar-refractivity contribution in [3.05, 3.63) is 78.0 Å². The number of aromatic nitrogens is 4. The largest absolute Gasteiger partial charge is 0.439 e. The van der Waals surface area contributed by atoms with Gasteiger partial charge in [-0.2, -0.15) is 20.6 Å². The zero-order valence-electron chi connectivity index (χ0n) is 16.5. The summed E-state index contributed by atoms with van der Waals surface area (Å²) in [5.41, 5.74) is 10.1. The van der Waals surface area contributed by atoms with Crippen LogP contribution in [0.25, 0.3) is 22.5 Å². The molecule has 4 aromatic rings. The molecule has 7 nitrogen and oxygen atoms in total. The van der Waals surface area contributed by atoms with Gasteiger partial charge in [0, 0.05) is 30.7 Å². The fraction of sp³-hybridized carbons (Fsp3) is 0.130. The fourth-order valence-electron chi connectivity index (χ4n) is 3.08. The standard InChI is InChI=1S/C23H20N6O/c1-29-23(14-21(28-29)17-5-3-2-4-6-17)30-22-13-16(15-25)7-9-19(22)20-10-8-18(11-12-24)26-27-20/h2-10,13-14H,11-12,24H2,1H3. The Labute approximate surface area is 174 Å². The molecule has 7 heteroatoms. The Morgan fingerprint density at radius 1 is 1.00 bits per heavy atom. The van der Waals surface area contributed by atoms with Crippen LogP contribution >= 0.6 is 0 Å². The van der Waals surface area contributed by atoms with Gasteiger partial charge in [-0.25, -0.2) is 4.68 Å². The van der Waals surface area contributed by atoms with Crippen molar-refractivity contribution in [3.8, 4) is 40.2 Å². The van der Waals surface area contributed by atoms with Gasteiger partial charge in [0.15, 0.2) is 0 Å². The van der Waals surface area contributed by atoms with E-state index < -0.39 is 0 Å². The second-order valence-corrected chi connectivity index (χ2v) is 6.73. The van der Waals surface area contributed by atoms with Crippen LogP contribution in [0.4, 0.5) is 0 Å². The van der Waals surface area contributed by atoms with E-state index in [0.29, 0.717) is 35.9 Å². The Morgan fingerprint density at radius 3 is 2.53 bits per heavy atom. The molecule has 2 heterocycles. The molecule has 4 rings (SSSR count). The summed E-state index contributed by atoms with van der Waals surface area (Å²) in [5, 5.41) is 22.4. The highest BCUT2D eigenvalue weighted by Crippen LogP contribution is 2.34. The number of aryl methyl sites for hydroxylation is 1. The molecule has 0 aliphatic rings. The maximum atomic E-state index is 9.33. The summed E-state index contributed by atoms with van der Waals surface area (Å²) in [6.07, 6.45) is 0.668. The summed E-state index contributed by atoms with van der Waals surface area (Å²) in [5.74, 6) is 1.07. The summed E-state index contributed by atoms with van der Waals surface area (Å²) in [7, 11) is 1.82. The molecular formula is C23H20N6O. The monoisotopic (exact) mass is 396 g/mol. The molecule has 0 bridgehead atoms. The summed E-state index contributed by atoms with van der Waals surface area (Å²) < 4.78 is 7.85. The van der Waals surface area contributed by atoms with Crippen LogP contribution in [0.1, 0.15) is 11.3 Å². The van der Waals surface area contributed by atoms with Gasteiger partial charge in [-0.05, 0) is 36.9 Å². The first kappa shape index (κ1) is 19.3. The Hall–Kier alpha value is -4.02. The highest BCUT2D eigenvalue weighted by molar-refractivity contribution is 5.69. The molecule has 2 aromatic carbocycles. The van der Waals surface area contributed by atoms with Gasteiger partial charge < -0.3 is 10.5 Å². The summed E-state index contributed by atoms with van der Waals surface area (Å²) >= 11 is 0. The molecule has 0 aliphatic carbocycles. The van der Waals surface area contributed by atoms with Crippen molar-refractivity contribution >= 4 is 0 Å². The first-order valence-electron chi connectivity index (χ1n) is 9.52. The van der Waals surface area contributed by atoms with Crippen LogP contribution in [-0.2, 0) is 13.5 Å². The van der Waals surface area contributed by atoms with E-state index in [1.54, 1.807) is 16.8 Å².